The van der Waals surface area contributed by atoms with Gasteiger partial charge in [0.25, 0.3) is 0 Å². The Labute approximate surface area is 125 Å². The van der Waals surface area contributed by atoms with E-state index in [1.807, 2.05) is 0 Å². The van der Waals surface area contributed by atoms with Gasteiger partial charge in [-0.2, -0.15) is 0 Å². The van der Waals surface area contributed by atoms with E-state index in [9.17, 15) is 9.18 Å². The van der Waals surface area contributed by atoms with E-state index >= 15 is 0 Å². The Bertz CT molecular complexity index is 641. The molecule has 0 saturated carbocycles. The van der Waals surface area contributed by atoms with E-state index in [1.54, 1.807) is 0 Å². The molecule has 0 aliphatic rings. The van der Waals surface area contributed by atoms with Crippen LogP contribution in [0.4, 0.5) is 10.1 Å². The monoisotopic (exact) mass is 313 g/mol. The van der Waals surface area contributed by atoms with Crippen LogP contribution in [-0.4, -0.2) is 5.97 Å². The fraction of sp³-hybridized carbons (Fsp3) is 0.0714. The molecule has 2 aromatic carbocycles. The molecular formula is C14H10Cl2FNO2. The molecule has 20 heavy (non-hydrogen) atoms. The molecule has 0 aliphatic heterocycles. The maximum atomic E-state index is 12.9. The molecule has 3 nitrogen and oxygen atoms in total. The number of halogens is 3. The summed E-state index contributed by atoms with van der Waals surface area (Å²) in [6.45, 7) is -0.0651. The zero-order valence-corrected chi connectivity index (χ0v) is 11.7. The summed E-state index contributed by atoms with van der Waals surface area (Å²) in [5.41, 5.74) is 6.71. The number of benzene rings is 2. The molecule has 0 bridgehead atoms. The topological polar surface area (TPSA) is 52.3 Å². The first kappa shape index (κ1) is 14.6. The summed E-state index contributed by atoms with van der Waals surface area (Å²) in [7, 11) is 0. The van der Waals surface area contributed by atoms with Gasteiger partial charge in [-0.25, -0.2) is 9.18 Å². The molecule has 2 aromatic rings. The predicted molar refractivity (Wildman–Crippen MR) is 76.4 cm³/mol. The van der Waals surface area contributed by atoms with Gasteiger partial charge < -0.3 is 10.5 Å². The highest BCUT2D eigenvalue weighted by molar-refractivity contribution is 6.31. The Kier molecular flexibility index (Phi) is 4.47. The third kappa shape index (κ3) is 3.62. The highest BCUT2D eigenvalue weighted by Gasteiger charge is 2.11. The average molecular weight is 314 g/mol. The molecule has 0 radical (unpaired) electrons. The van der Waals surface area contributed by atoms with Crippen molar-refractivity contribution in [2.24, 2.45) is 0 Å². The average Bonchev–Trinajstić information content (AvgIpc) is 2.36. The Morgan fingerprint density at radius 2 is 1.95 bits per heavy atom. The fourth-order valence-corrected chi connectivity index (χ4v) is 2.06. The highest BCUT2D eigenvalue weighted by atomic mass is 35.5. The van der Waals surface area contributed by atoms with Crippen molar-refractivity contribution in [2.75, 3.05) is 5.73 Å². The number of rotatable bonds is 3. The minimum Gasteiger partial charge on any atom is -0.457 e. The van der Waals surface area contributed by atoms with Crippen LogP contribution >= 0.6 is 23.2 Å². The molecular weight excluding hydrogens is 304 g/mol. The summed E-state index contributed by atoms with van der Waals surface area (Å²) in [4.78, 5) is 11.8. The number of carbonyl (C=O) groups excluding carboxylic acids is 1. The first-order valence-corrected chi connectivity index (χ1v) is 6.38. The zero-order chi connectivity index (χ0) is 14.7. The van der Waals surface area contributed by atoms with Gasteiger partial charge in [0.15, 0.2) is 0 Å². The van der Waals surface area contributed by atoms with Gasteiger partial charge in [-0.1, -0.05) is 29.3 Å². The van der Waals surface area contributed by atoms with E-state index in [4.69, 9.17) is 33.7 Å². The van der Waals surface area contributed by atoms with Crippen molar-refractivity contribution >= 4 is 34.9 Å². The standard InChI is InChI=1S/C14H10Cl2FNO2/c15-10-3-9(4-12(18)5-10)14(19)20-7-8-1-2-11(17)6-13(8)16/h1-6H,7,18H2. The molecule has 0 saturated heterocycles. The van der Waals surface area contributed by atoms with Crippen LogP contribution in [0, 0.1) is 5.82 Å². The number of hydrogen-bond acceptors (Lipinski definition) is 3. The van der Waals surface area contributed by atoms with Crippen molar-refractivity contribution in [2.45, 2.75) is 6.61 Å². The van der Waals surface area contributed by atoms with Gasteiger partial charge in [0.2, 0.25) is 0 Å². The van der Waals surface area contributed by atoms with Gasteiger partial charge in [0.1, 0.15) is 12.4 Å². The van der Waals surface area contributed by atoms with Gasteiger partial charge in [-0.3, -0.25) is 0 Å². The quantitative estimate of drug-likeness (QED) is 0.686. The van der Waals surface area contributed by atoms with E-state index in [0.29, 0.717) is 16.3 Å². The van der Waals surface area contributed by atoms with Gasteiger partial charge >= 0.3 is 5.97 Å². The van der Waals surface area contributed by atoms with Crippen molar-refractivity contribution in [1.29, 1.82) is 0 Å². The largest absolute Gasteiger partial charge is 0.457 e. The summed E-state index contributed by atoms with van der Waals surface area (Å²) >= 11 is 11.6. The van der Waals surface area contributed by atoms with Gasteiger partial charge in [0, 0.05) is 16.3 Å². The van der Waals surface area contributed by atoms with Crippen molar-refractivity contribution in [3.63, 3.8) is 0 Å². The van der Waals surface area contributed by atoms with Crippen LogP contribution in [0.3, 0.4) is 0 Å². The molecule has 104 valence electrons. The minimum absolute atomic E-state index is 0.0651. The number of ether oxygens (including phenoxy) is 1. The molecule has 0 unspecified atom stereocenters. The summed E-state index contributed by atoms with van der Waals surface area (Å²) in [6.07, 6.45) is 0. The van der Waals surface area contributed by atoms with Crippen molar-refractivity contribution in [3.05, 3.63) is 63.4 Å². The normalized spacial score (nSPS) is 10.3. The Balaban J connectivity index is 2.08. The number of hydrogen-bond donors (Lipinski definition) is 1. The van der Waals surface area contributed by atoms with Crippen LogP contribution in [0.15, 0.2) is 36.4 Å². The maximum Gasteiger partial charge on any atom is 0.338 e. The lowest BCUT2D eigenvalue weighted by atomic mass is 10.2. The SMILES string of the molecule is Nc1cc(Cl)cc(C(=O)OCc2ccc(F)cc2Cl)c1. The second-order valence-electron chi connectivity index (χ2n) is 4.09. The van der Waals surface area contributed by atoms with Gasteiger partial charge in [-0.05, 0) is 30.3 Å². The van der Waals surface area contributed by atoms with E-state index in [-0.39, 0.29) is 17.2 Å². The Hall–Kier alpha value is -1.78. The molecule has 0 fully saturated rings. The maximum absolute atomic E-state index is 12.9. The van der Waals surface area contributed by atoms with E-state index in [0.717, 1.165) is 6.07 Å². The number of nitrogens with two attached hydrogens (primary N) is 1. The lowest BCUT2D eigenvalue weighted by Gasteiger charge is -2.07. The van der Waals surface area contributed by atoms with E-state index < -0.39 is 11.8 Å². The van der Waals surface area contributed by atoms with E-state index in [1.165, 1.54) is 30.3 Å². The lowest BCUT2D eigenvalue weighted by Crippen LogP contribution is -2.06. The number of anilines is 1. The molecule has 0 heterocycles. The molecule has 0 aromatic heterocycles. The summed E-state index contributed by atoms with van der Waals surface area (Å²) in [6, 6.07) is 8.29. The molecule has 0 atom stereocenters. The van der Waals surface area contributed by atoms with Gasteiger partial charge in [0.05, 0.1) is 10.6 Å². The number of nitrogen functional groups attached to an aromatic ring is 1. The second-order valence-corrected chi connectivity index (χ2v) is 4.93. The van der Waals surface area contributed by atoms with Crippen LogP contribution in [-0.2, 0) is 11.3 Å². The van der Waals surface area contributed by atoms with Crippen LogP contribution in [0.5, 0.6) is 0 Å². The Morgan fingerprint density at radius 1 is 1.20 bits per heavy atom. The molecule has 6 heteroatoms. The molecule has 2 N–H and O–H groups in total. The third-order valence-electron chi connectivity index (χ3n) is 2.53. The van der Waals surface area contributed by atoms with E-state index in [2.05, 4.69) is 0 Å². The summed E-state index contributed by atoms with van der Waals surface area (Å²) < 4.78 is 18.0. The van der Waals surface area contributed by atoms with Gasteiger partial charge in [-0.15, -0.1) is 0 Å². The first-order chi connectivity index (χ1) is 9.45. The third-order valence-corrected chi connectivity index (χ3v) is 3.10. The zero-order valence-electron chi connectivity index (χ0n) is 10.2. The van der Waals surface area contributed by atoms with Crippen LogP contribution in [0.2, 0.25) is 10.0 Å². The lowest BCUT2D eigenvalue weighted by molar-refractivity contribution is 0.0473. The molecule has 0 spiro atoms. The summed E-state index contributed by atoms with van der Waals surface area (Å²) in [5, 5.41) is 0.542. The smallest absolute Gasteiger partial charge is 0.338 e. The van der Waals surface area contributed by atoms with Crippen LogP contribution in [0.25, 0.3) is 0 Å². The Morgan fingerprint density at radius 3 is 2.60 bits per heavy atom. The molecule has 0 amide bonds. The molecule has 2 rings (SSSR count). The minimum atomic E-state index is -0.584. The fourth-order valence-electron chi connectivity index (χ4n) is 1.60. The van der Waals surface area contributed by atoms with Crippen LogP contribution < -0.4 is 5.73 Å². The summed E-state index contributed by atoms with van der Waals surface area (Å²) in [5.74, 6) is -1.03. The van der Waals surface area contributed by atoms with Crippen LogP contribution in [0.1, 0.15) is 15.9 Å². The number of carbonyl (C=O) groups is 1. The highest BCUT2D eigenvalue weighted by Crippen LogP contribution is 2.20. The van der Waals surface area contributed by atoms with Crippen molar-refractivity contribution in [3.8, 4) is 0 Å². The predicted octanol–water partition coefficient (Wildman–Crippen LogP) is 4.07. The first-order valence-electron chi connectivity index (χ1n) is 5.63. The van der Waals surface area contributed by atoms with Crippen molar-refractivity contribution in [1.82, 2.24) is 0 Å². The number of esters is 1. The second kappa shape index (κ2) is 6.11. The molecule has 0 aliphatic carbocycles. The van der Waals surface area contributed by atoms with Crippen molar-refractivity contribution < 1.29 is 13.9 Å².